The van der Waals surface area contributed by atoms with Crippen LogP contribution < -0.4 is 14.5 Å². The molecule has 0 aliphatic carbocycles. The average Bonchev–Trinajstić information content (AvgIpc) is 3.33. The second kappa shape index (κ2) is 9.06. The van der Waals surface area contributed by atoms with Gasteiger partial charge in [-0.3, -0.25) is 19.7 Å². The maximum absolute atomic E-state index is 13.3. The topological polar surface area (TPSA) is 99.9 Å². The standard InChI is InChI=1S/C22H23N5O4S2/c28-20(25-11-9-24(10-12-25)16-3-5-17(6-4-16)27(30)31)15-2-1-8-26(14-15)22-23-18-7-13-32-19(18)21(29)33-22/h3-7,13,15H,1-2,8-12,14H2/t15-/m1/s1. The summed E-state index contributed by atoms with van der Waals surface area (Å²) in [5.74, 6) is 0.0546. The van der Waals surface area contributed by atoms with Crippen molar-refractivity contribution in [3.8, 4) is 0 Å². The number of hydrogen-bond acceptors (Lipinski definition) is 9. The molecule has 0 bridgehead atoms. The molecule has 0 saturated carbocycles. The number of nitrogens with zero attached hydrogens (tertiary/aromatic N) is 5. The fourth-order valence-corrected chi connectivity index (χ4v) is 6.25. The molecule has 5 rings (SSSR count). The van der Waals surface area contributed by atoms with Crippen LogP contribution in [0.5, 0.6) is 0 Å². The Balaban J connectivity index is 1.21. The van der Waals surface area contributed by atoms with Crippen LogP contribution in [0.3, 0.4) is 0 Å². The molecule has 2 aromatic heterocycles. The van der Waals surface area contributed by atoms with Crippen molar-refractivity contribution in [3.63, 3.8) is 0 Å². The molecule has 0 N–H and O–H groups in total. The van der Waals surface area contributed by atoms with Crippen LogP contribution in [0.1, 0.15) is 12.8 Å². The van der Waals surface area contributed by atoms with Crippen molar-refractivity contribution in [1.29, 1.82) is 0 Å². The zero-order chi connectivity index (χ0) is 22.9. The van der Waals surface area contributed by atoms with Crippen LogP contribution in [-0.4, -0.2) is 60.0 Å². The lowest BCUT2D eigenvalue weighted by atomic mass is 9.96. The van der Waals surface area contributed by atoms with Crippen LogP contribution in [0.4, 0.5) is 16.5 Å². The summed E-state index contributed by atoms with van der Waals surface area (Å²) in [5, 5.41) is 13.4. The first-order valence-electron chi connectivity index (χ1n) is 10.9. The third-order valence-corrected chi connectivity index (χ3v) is 8.24. The molecule has 172 valence electrons. The number of benzene rings is 1. The minimum Gasteiger partial charge on any atom is -0.368 e. The molecule has 2 fully saturated rings. The van der Waals surface area contributed by atoms with Gasteiger partial charge in [-0.2, -0.15) is 0 Å². The molecule has 0 radical (unpaired) electrons. The number of piperidine rings is 1. The van der Waals surface area contributed by atoms with E-state index in [1.54, 1.807) is 12.1 Å². The normalized spacial score (nSPS) is 19.2. The van der Waals surface area contributed by atoms with Gasteiger partial charge in [-0.25, -0.2) is 4.98 Å². The molecule has 9 nitrogen and oxygen atoms in total. The number of amides is 1. The van der Waals surface area contributed by atoms with Gasteiger partial charge in [-0.15, -0.1) is 11.3 Å². The van der Waals surface area contributed by atoms with E-state index in [9.17, 15) is 19.7 Å². The van der Waals surface area contributed by atoms with E-state index in [0.717, 1.165) is 41.9 Å². The molecule has 0 unspecified atom stereocenters. The SMILES string of the molecule is O=C([C@@H]1CCCN(c2nc3ccsc3c(=O)s2)C1)N1CCN(c2ccc([N+](=O)[O-])cc2)CC1. The summed E-state index contributed by atoms with van der Waals surface area (Å²) < 4.78 is 0.722. The largest absolute Gasteiger partial charge is 0.368 e. The summed E-state index contributed by atoms with van der Waals surface area (Å²) in [6.07, 6.45) is 1.73. The highest BCUT2D eigenvalue weighted by Gasteiger charge is 2.32. The van der Waals surface area contributed by atoms with E-state index < -0.39 is 4.92 Å². The van der Waals surface area contributed by atoms with Crippen molar-refractivity contribution in [3.05, 3.63) is 55.4 Å². The lowest BCUT2D eigenvalue weighted by Gasteiger charge is -2.39. The number of thiophene rings is 1. The molecule has 2 aliphatic heterocycles. The lowest BCUT2D eigenvalue weighted by Crippen LogP contribution is -2.52. The van der Waals surface area contributed by atoms with E-state index in [-0.39, 0.29) is 22.3 Å². The van der Waals surface area contributed by atoms with Gasteiger partial charge in [0, 0.05) is 57.1 Å². The zero-order valence-corrected chi connectivity index (χ0v) is 19.5. The van der Waals surface area contributed by atoms with Crippen LogP contribution in [0.25, 0.3) is 10.2 Å². The predicted octanol–water partition coefficient (Wildman–Crippen LogP) is 3.19. The van der Waals surface area contributed by atoms with Gasteiger partial charge in [0.2, 0.25) is 5.91 Å². The van der Waals surface area contributed by atoms with Gasteiger partial charge in [0.15, 0.2) is 5.13 Å². The second-order valence-corrected chi connectivity index (χ2v) is 10.1. The van der Waals surface area contributed by atoms with Crippen molar-refractivity contribution in [1.82, 2.24) is 9.88 Å². The van der Waals surface area contributed by atoms with Crippen molar-refractivity contribution in [2.75, 3.05) is 49.1 Å². The third-order valence-electron chi connectivity index (χ3n) is 6.29. The summed E-state index contributed by atoms with van der Waals surface area (Å²) in [5.41, 5.74) is 1.74. The van der Waals surface area contributed by atoms with Crippen molar-refractivity contribution < 1.29 is 9.72 Å². The van der Waals surface area contributed by atoms with Gasteiger partial charge in [0.25, 0.3) is 10.4 Å². The molecular weight excluding hydrogens is 462 g/mol. The molecule has 3 aromatic rings. The highest BCUT2D eigenvalue weighted by atomic mass is 32.1. The molecule has 33 heavy (non-hydrogen) atoms. The van der Waals surface area contributed by atoms with Gasteiger partial charge in [0.05, 0.1) is 16.4 Å². The Kier molecular flexibility index (Phi) is 5.98. The first-order valence-corrected chi connectivity index (χ1v) is 12.6. The third kappa shape index (κ3) is 4.42. The Bertz CT molecular complexity index is 1230. The Morgan fingerprint density at radius 3 is 2.55 bits per heavy atom. The Morgan fingerprint density at radius 1 is 1.06 bits per heavy atom. The van der Waals surface area contributed by atoms with Crippen LogP contribution in [0.15, 0.2) is 40.5 Å². The smallest absolute Gasteiger partial charge is 0.269 e. The molecular formula is C22H23N5O4S2. The number of hydrogen-bond donors (Lipinski definition) is 0. The zero-order valence-electron chi connectivity index (χ0n) is 17.9. The van der Waals surface area contributed by atoms with E-state index in [1.165, 1.54) is 23.5 Å². The summed E-state index contributed by atoms with van der Waals surface area (Å²) in [6.45, 7) is 4.02. The van der Waals surface area contributed by atoms with E-state index >= 15 is 0 Å². The fraction of sp³-hybridized carbons (Fsp3) is 0.409. The molecule has 0 spiro atoms. The Morgan fingerprint density at radius 2 is 1.82 bits per heavy atom. The number of non-ortho nitro benzene ring substituents is 1. The van der Waals surface area contributed by atoms with Gasteiger partial charge in [-0.1, -0.05) is 11.3 Å². The minimum atomic E-state index is -0.402. The number of nitro benzene ring substituents is 1. The van der Waals surface area contributed by atoms with E-state index in [0.29, 0.717) is 42.6 Å². The quantitative estimate of drug-likeness (QED) is 0.413. The van der Waals surface area contributed by atoms with Crippen LogP contribution in [0, 0.1) is 16.0 Å². The fourth-order valence-electron chi connectivity index (χ4n) is 4.51. The Labute approximate surface area is 198 Å². The molecule has 4 heterocycles. The molecule has 11 heteroatoms. The van der Waals surface area contributed by atoms with Crippen molar-refractivity contribution in [2.45, 2.75) is 12.8 Å². The second-order valence-electron chi connectivity index (χ2n) is 8.29. The van der Waals surface area contributed by atoms with Gasteiger partial charge < -0.3 is 14.7 Å². The summed E-state index contributed by atoms with van der Waals surface area (Å²) >= 11 is 2.58. The van der Waals surface area contributed by atoms with E-state index in [4.69, 9.17) is 0 Å². The van der Waals surface area contributed by atoms with E-state index in [2.05, 4.69) is 14.8 Å². The summed E-state index contributed by atoms with van der Waals surface area (Å²) in [6, 6.07) is 8.42. The molecule has 2 aliphatic rings. The van der Waals surface area contributed by atoms with Gasteiger partial charge in [0.1, 0.15) is 4.70 Å². The molecule has 1 amide bonds. The highest BCUT2D eigenvalue weighted by molar-refractivity contribution is 7.21. The van der Waals surface area contributed by atoms with Crippen LogP contribution in [-0.2, 0) is 4.79 Å². The van der Waals surface area contributed by atoms with Crippen LogP contribution >= 0.6 is 22.7 Å². The number of piperazine rings is 1. The monoisotopic (exact) mass is 485 g/mol. The number of aromatic nitrogens is 1. The maximum Gasteiger partial charge on any atom is 0.269 e. The van der Waals surface area contributed by atoms with Crippen molar-refractivity contribution in [2.24, 2.45) is 5.92 Å². The summed E-state index contributed by atoms with van der Waals surface area (Å²) in [4.78, 5) is 47.0. The lowest BCUT2D eigenvalue weighted by molar-refractivity contribution is -0.384. The first-order chi connectivity index (χ1) is 16.0. The summed E-state index contributed by atoms with van der Waals surface area (Å²) in [7, 11) is 0. The maximum atomic E-state index is 13.3. The number of anilines is 2. The van der Waals surface area contributed by atoms with Gasteiger partial charge in [-0.05, 0) is 36.4 Å². The van der Waals surface area contributed by atoms with Crippen LogP contribution in [0.2, 0.25) is 0 Å². The number of carbonyl (C=O) groups excluding carboxylic acids is 1. The number of carbonyl (C=O) groups is 1. The number of fused-ring (bicyclic) bond motifs is 1. The number of nitro groups is 1. The van der Waals surface area contributed by atoms with Crippen molar-refractivity contribution >= 4 is 55.3 Å². The first kappa shape index (κ1) is 21.8. The molecule has 1 atom stereocenters. The highest BCUT2D eigenvalue weighted by Crippen LogP contribution is 2.28. The molecule has 1 aromatic carbocycles. The van der Waals surface area contributed by atoms with Gasteiger partial charge >= 0.3 is 0 Å². The molecule has 2 saturated heterocycles. The average molecular weight is 486 g/mol. The van der Waals surface area contributed by atoms with E-state index in [1.807, 2.05) is 16.3 Å². The minimum absolute atomic E-state index is 0.0285. The number of rotatable bonds is 4. The predicted molar refractivity (Wildman–Crippen MR) is 131 cm³/mol. The Hall–Kier alpha value is -3.05.